The van der Waals surface area contributed by atoms with Crippen LogP contribution in [0.25, 0.3) is 53.8 Å². The number of aliphatic imine (C=N–C) groups is 1. The maximum Gasteiger partial charge on any atom is 0.126 e. The first kappa shape index (κ1) is 25.6. The number of para-hydroxylation sites is 1. The summed E-state index contributed by atoms with van der Waals surface area (Å²) >= 11 is 3.92. The van der Waals surface area contributed by atoms with E-state index in [1.807, 2.05) is 36.4 Å². The maximum absolute atomic E-state index is 10.3. The van der Waals surface area contributed by atoms with Crippen molar-refractivity contribution in [1.29, 1.82) is 0 Å². The van der Waals surface area contributed by atoms with Gasteiger partial charge < -0.3 is 5.11 Å². The second-order valence-corrected chi connectivity index (χ2v) is 12.0. The average Bonchev–Trinajstić information content (AvgIpc) is 3.45. The molecule has 0 aliphatic carbocycles. The number of hydrogen-bond donors (Lipinski definition) is 1. The van der Waals surface area contributed by atoms with Crippen molar-refractivity contribution >= 4 is 66.8 Å². The quantitative estimate of drug-likeness (QED) is 0.148. The van der Waals surface area contributed by atoms with Crippen LogP contribution >= 0.6 is 33.9 Å². The largest absolute Gasteiger partial charge is 0.507 e. The second-order valence-electron chi connectivity index (χ2n) is 9.76. The van der Waals surface area contributed by atoms with E-state index in [0.29, 0.717) is 5.56 Å². The van der Waals surface area contributed by atoms with Gasteiger partial charge in [-0.2, -0.15) is 0 Å². The Morgan fingerprint density at radius 1 is 0.683 bits per heavy atom. The lowest BCUT2D eigenvalue weighted by Gasteiger charge is -2.10. The van der Waals surface area contributed by atoms with E-state index in [1.54, 1.807) is 23.6 Å². The van der Waals surface area contributed by atoms with E-state index in [1.165, 1.54) is 21.9 Å². The molecule has 0 saturated heterocycles. The van der Waals surface area contributed by atoms with Gasteiger partial charge in [0.15, 0.2) is 0 Å². The summed E-state index contributed by atoms with van der Waals surface area (Å²) in [7, 11) is 0. The summed E-state index contributed by atoms with van der Waals surface area (Å²) in [5, 5.41) is 13.7. The molecule has 0 radical (unpaired) electrons. The van der Waals surface area contributed by atoms with E-state index in [0.717, 1.165) is 41.2 Å². The van der Waals surface area contributed by atoms with Gasteiger partial charge in [0, 0.05) is 26.5 Å². The van der Waals surface area contributed by atoms with E-state index >= 15 is 0 Å². The van der Waals surface area contributed by atoms with Gasteiger partial charge in [-0.1, -0.05) is 84.9 Å². The predicted molar refractivity (Wildman–Crippen MR) is 182 cm³/mol. The van der Waals surface area contributed by atoms with Gasteiger partial charge in [0.05, 0.1) is 15.9 Å². The van der Waals surface area contributed by atoms with Crippen LogP contribution in [-0.4, -0.2) is 16.3 Å². The fourth-order valence-corrected chi connectivity index (χ4v) is 6.73. The highest BCUT2D eigenvalue weighted by Gasteiger charge is 2.16. The first-order chi connectivity index (χ1) is 20.1. The number of rotatable bonds is 5. The van der Waals surface area contributed by atoms with Gasteiger partial charge in [-0.25, -0.2) is 4.98 Å². The molecule has 0 aliphatic heterocycles. The maximum atomic E-state index is 10.3. The van der Waals surface area contributed by atoms with Crippen LogP contribution in [0.5, 0.6) is 5.75 Å². The first-order valence-corrected chi connectivity index (χ1v) is 15.1. The van der Waals surface area contributed by atoms with Crippen molar-refractivity contribution in [3.63, 3.8) is 0 Å². The molecule has 0 bridgehead atoms. The zero-order valence-electron chi connectivity index (χ0n) is 21.8. The standard InChI is InChI=1S/C36H23IN2OS/c37-27-17-18-33(40)26(19-27)22-38-32-16-7-6-14-30(32)36-39-35-31(24-9-2-1-3-10-24)20-25(21-34(35)41-36)29-15-8-12-23-11-4-5-13-28(23)29/h1-22,40H/b38-22+. The van der Waals surface area contributed by atoms with Crippen molar-refractivity contribution in [1.82, 2.24) is 4.98 Å². The highest BCUT2D eigenvalue weighted by molar-refractivity contribution is 14.1. The van der Waals surface area contributed by atoms with Crippen LogP contribution in [0.15, 0.2) is 132 Å². The van der Waals surface area contributed by atoms with Crippen LogP contribution in [0.2, 0.25) is 0 Å². The smallest absolute Gasteiger partial charge is 0.126 e. The highest BCUT2D eigenvalue weighted by atomic mass is 127. The fraction of sp³-hybridized carbons (Fsp3) is 0. The normalized spacial score (nSPS) is 11.5. The Balaban J connectivity index is 1.40. The van der Waals surface area contributed by atoms with Crippen molar-refractivity contribution in [3.8, 4) is 38.6 Å². The molecule has 7 rings (SSSR count). The Kier molecular flexibility index (Phi) is 6.82. The molecule has 5 heteroatoms. The van der Waals surface area contributed by atoms with Crippen molar-refractivity contribution in [3.05, 3.63) is 137 Å². The van der Waals surface area contributed by atoms with Crippen LogP contribution in [-0.2, 0) is 0 Å². The third kappa shape index (κ3) is 5.03. The minimum atomic E-state index is 0.208. The summed E-state index contributed by atoms with van der Waals surface area (Å²) in [6, 6.07) is 43.6. The van der Waals surface area contributed by atoms with Crippen LogP contribution in [0.1, 0.15) is 5.56 Å². The Labute approximate surface area is 255 Å². The molecule has 1 aromatic heterocycles. The lowest BCUT2D eigenvalue weighted by Crippen LogP contribution is -1.86. The Hall–Kier alpha value is -4.33. The number of thiazole rings is 1. The topological polar surface area (TPSA) is 45.5 Å². The molecule has 0 spiro atoms. The molecule has 0 atom stereocenters. The lowest BCUT2D eigenvalue weighted by molar-refractivity contribution is 0.474. The van der Waals surface area contributed by atoms with Crippen molar-refractivity contribution in [2.24, 2.45) is 4.99 Å². The molecule has 3 nitrogen and oxygen atoms in total. The summed E-state index contributed by atoms with van der Waals surface area (Å²) in [5.41, 5.74) is 8.05. The number of phenolic OH excluding ortho intramolecular Hbond substituents is 1. The predicted octanol–water partition coefficient (Wildman–Crippen LogP) is 10.5. The van der Waals surface area contributed by atoms with E-state index in [2.05, 4.69) is 108 Å². The molecule has 0 saturated carbocycles. The summed E-state index contributed by atoms with van der Waals surface area (Å²) < 4.78 is 2.16. The Morgan fingerprint density at radius 3 is 2.34 bits per heavy atom. The molecule has 7 aromatic rings. The van der Waals surface area contributed by atoms with Gasteiger partial charge in [0.25, 0.3) is 0 Å². The lowest BCUT2D eigenvalue weighted by atomic mass is 9.94. The van der Waals surface area contributed by atoms with Gasteiger partial charge in [0.2, 0.25) is 0 Å². The highest BCUT2D eigenvalue weighted by Crippen LogP contribution is 2.42. The van der Waals surface area contributed by atoms with E-state index < -0.39 is 0 Å². The van der Waals surface area contributed by atoms with Crippen LogP contribution in [0.4, 0.5) is 5.69 Å². The molecule has 0 fully saturated rings. The number of aromatic nitrogens is 1. The number of phenols is 1. The van der Waals surface area contributed by atoms with Crippen molar-refractivity contribution in [2.45, 2.75) is 0 Å². The molecule has 1 heterocycles. The van der Waals surface area contributed by atoms with Crippen LogP contribution < -0.4 is 0 Å². The summed E-state index contributed by atoms with van der Waals surface area (Å²) in [6.45, 7) is 0. The molecule has 1 N–H and O–H groups in total. The third-order valence-corrected chi connectivity index (χ3v) is 8.85. The first-order valence-electron chi connectivity index (χ1n) is 13.2. The minimum absolute atomic E-state index is 0.208. The Bertz CT molecular complexity index is 2080. The van der Waals surface area contributed by atoms with Gasteiger partial charge in [-0.3, -0.25) is 4.99 Å². The van der Waals surface area contributed by atoms with Gasteiger partial charge in [0.1, 0.15) is 10.8 Å². The summed E-state index contributed by atoms with van der Waals surface area (Å²) in [6.07, 6.45) is 1.72. The number of halogens is 1. The Morgan fingerprint density at radius 2 is 1.44 bits per heavy atom. The third-order valence-electron chi connectivity index (χ3n) is 7.15. The summed E-state index contributed by atoms with van der Waals surface area (Å²) in [5.74, 6) is 0.208. The molecular weight excluding hydrogens is 635 g/mol. The number of benzene rings is 6. The van der Waals surface area contributed by atoms with Gasteiger partial charge >= 0.3 is 0 Å². The molecule has 41 heavy (non-hydrogen) atoms. The van der Waals surface area contributed by atoms with Gasteiger partial charge in [-0.15, -0.1) is 11.3 Å². The molecule has 0 aliphatic rings. The monoisotopic (exact) mass is 658 g/mol. The van der Waals surface area contributed by atoms with Crippen molar-refractivity contribution in [2.75, 3.05) is 0 Å². The van der Waals surface area contributed by atoms with Crippen LogP contribution in [0, 0.1) is 3.57 Å². The molecule has 0 unspecified atom stereocenters. The zero-order chi connectivity index (χ0) is 27.8. The second kappa shape index (κ2) is 10.9. The number of hydrogen-bond acceptors (Lipinski definition) is 4. The number of nitrogens with zero attached hydrogens (tertiary/aromatic N) is 2. The van der Waals surface area contributed by atoms with E-state index in [9.17, 15) is 5.11 Å². The minimum Gasteiger partial charge on any atom is -0.507 e. The summed E-state index contributed by atoms with van der Waals surface area (Å²) in [4.78, 5) is 9.98. The molecule has 0 amide bonds. The number of aromatic hydroxyl groups is 1. The van der Waals surface area contributed by atoms with Gasteiger partial charge in [-0.05, 0) is 92.5 Å². The van der Waals surface area contributed by atoms with Crippen molar-refractivity contribution < 1.29 is 5.11 Å². The fourth-order valence-electron chi connectivity index (χ4n) is 5.15. The SMILES string of the molecule is Oc1ccc(I)cc1/C=N/c1ccccc1-c1nc2c(-c3ccccc3)cc(-c3cccc4ccccc34)cc2s1. The average molecular weight is 659 g/mol. The van der Waals surface area contributed by atoms with Crippen LogP contribution in [0.3, 0.4) is 0 Å². The molecule has 196 valence electrons. The van der Waals surface area contributed by atoms with E-state index in [4.69, 9.17) is 9.98 Å². The number of fused-ring (bicyclic) bond motifs is 2. The molecule has 6 aromatic carbocycles. The van der Waals surface area contributed by atoms with E-state index in [-0.39, 0.29) is 5.75 Å². The zero-order valence-corrected chi connectivity index (χ0v) is 24.8. The molecular formula is C36H23IN2OS.